The molecule has 1 aromatic heterocycles. The van der Waals surface area contributed by atoms with Crippen molar-refractivity contribution in [1.29, 1.82) is 0 Å². The highest BCUT2D eigenvalue weighted by Crippen LogP contribution is 2.39. The molecule has 0 unspecified atom stereocenters. The average molecular weight is 618 g/mol. The summed E-state index contributed by atoms with van der Waals surface area (Å²) < 4.78 is 35.4. The number of benzene rings is 3. The summed E-state index contributed by atoms with van der Waals surface area (Å²) in [7, 11) is 4.46. The van der Waals surface area contributed by atoms with Gasteiger partial charge in [0.2, 0.25) is 5.75 Å². The van der Waals surface area contributed by atoms with E-state index in [1.807, 2.05) is 19.9 Å². The van der Waals surface area contributed by atoms with Crippen LogP contribution in [0.3, 0.4) is 0 Å². The molecule has 4 rings (SSSR count). The van der Waals surface area contributed by atoms with Gasteiger partial charge in [-0.2, -0.15) is 0 Å². The highest BCUT2D eigenvalue weighted by atomic mass is 19.1. The van der Waals surface area contributed by atoms with Gasteiger partial charge in [-0.15, -0.1) is 0 Å². The molecule has 0 spiro atoms. The van der Waals surface area contributed by atoms with E-state index in [9.17, 15) is 18.8 Å². The summed E-state index contributed by atoms with van der Waals surface area (Å²) in [5.41, 5.74) is 1.67. The van der Waals surface area contributed by atoms with Gasteiger partial charge in [-0.1, -0.05) is 12.1 Å². The Bertz CT molecular complexity index is 1740. The van der Waals surface area contributed by atoms with Crippen LogP contribution in [0.25, 0.3) is 22.6 Å². The molecule has 11 heteroatoms. The van der Waals surface area contributed by atoms with E-state index < -0.39 is 23.3 Å². The summed E-state index contributed by atoms with van der Waals surface area (Å²) in [5, 5.41) is 6.03. The van der Waals surface area contributed by atoms with Crippen molar-refractivity contribution in [1.82, 2.24) is 10.6 Å². The summed E-state index contributed by atoms with van der Waals surface area (Å²) >= 11 is 0. The van der Waals surface area contributed by atoms with Gasteiger partial charge in [0.15, 0.2) is 11.5 Å². The minimum absolute atomic E-state index is 0.0316. The molecule has 3 aromatic carbocycles. The number of nitrogens with one attached hydrogen (secondary N) is 2. The van der Waals surface area contributed by atoms with Gasteiger partial charge in [-0.3, -0.25) is 9.59 Å². The summed E-state index contributed by atoms with van der Waals surface area (Å²) in [6, 6.07) is 15.8. The molecule has 236 valence electrons. The number of amides is 2. The lowest BCUT2D eigenvalue weighted by atomic mass is 10.0. The third kappa shape index (κ3) is 7.61. The van der Waals surface area contributed by atoms with Gasteiger partial charge in [0.05, 0.1) is 21.3 Å². The molecule has 0 saturated carbocycles. The van der Waals surface area contributed by atoms with Crippen LogP contribution in [0.1, 0.15) is 35.3 Å². The van der Waals surface area contributed by atoms with Crippen LogP contribution in [0.15, 0.2) is 69.9 Å². The van der Waals surface area contributed by atoms with Crippen molar-refractivity contribution in [3.8, 4) is 17.2 Å². The van der Waals surface area contributed by atoms with Crippen LogP contribution in [0.5, 0.6) is 17.2 Å². The van der Waals surface area contributed by atoms with Crippen LogP contribution in [0.2, 0.25) is 0 Å². The Labute approximate surface area is 260 Å². The number of carbonyl (C=O) groups excluding carboxylic acids is 2. The SMILES string of the molecule is CCN(CC)c1ccc2cc(C(=O)NCCNC(=O)/C(=C/c3cc(OC)c(OC)c(OC)c3)c3ccc(F)cc3)c(=O)oc2c1. The molecule has 1 heterocycles. The van der Waals surface area contributed by atoms with E-state index in [1.165, 1.54) is 51.7 Å². The van der Waals surface area contributed by atoms with Gasteiger partial charge in [0.25, 0.3) is 11.8 Å². The topological polar surface area (TPSA) is 119 Å². The van der Waals surface area contributed by atoms with Crippen molar-refractivity contribution in [3.05, 3.63) is 93.6 Å². The van der Waals surface area contributed by atoms with Gasteiger partial charge >= 0.3 is 5.63 Å². The molecular weight excluding hydrogens is 581 g/mol. The van der Waals surface area contributed by atoms with Gasteiger partial charge in [-0.25, -0.2) is 9.18 Å². The van der Waals surface area contributed by atoms with Crippen molar-refractivity contribution in [2.45, 2.75) is 13.8 Å². The lowest BCUT2D eigenvalue weighted by Crippen LogP contribution is -2.36. The smallest absolute Gasteiger partial charge is 0.349 e. The van der Waals surface area contributed by atoms with E-state index in [0.29, 0.717) is 39.3 Å². The maximum absolute atomic E-state index is 13.7. The molecule has 45 heavy (non-hydrogen) atoms. The van der Waals surface area contributed by atoms with Gasteiger partial charge < -0.3 is 34.2 Å². The number of carbonyl (C=O) groups is 2. The predicted octanol–water partition coefficient (Wildman–Crippen LogP) is 4.89. The highest BCUT2D eigenvalue weighted by Gasteiger charge is 2.18. The monoisotopic (exact) mass is 617 g/mol. The van der Waals surface area contributed by atoms with Crippen molar-refractivity contribution in [2.75, 3.05) is 52.4 Å². The summed E-state index contributed by atoms with van der Waals surface area (Å²) in [6.07, 6.45) is 1.61. The lowest BCUT2D eigenvalue weighted by Gasteiger charge is -2.21. The predicted molar refractivity (Wildman–Crippen MR) is 172 cm³/mol. The Morgan fingerprint density at radius 2 is 1.51 bits per heavy atom. The van der Waals surface area contributed by atoms with Crippen LogP contribution in [0.4, 0.5) is 10.1 Å². The molecule has 0 aliphatic carbocycles. The number of fused-ring (bicyclic) bond motifs is 1. The minimum Gasteiger partial charge on any atom is -0.493 e. The van der Waals surface area contributed by atoms with Crippen molar-refractivity contribution < 1.29 is 32.6 Å². The van der Waals surface area contributed by atoms with Crippen LogP contribution >= 0.6 is 0 Å². The summed E-state index contributed by atoms with van der Waals surface area (Å²) in [5.74, 6) is -0.361. The van der Waals surface area contributed by atoms with E-state index in [2.05, 4.69) is 15.5 Å². The van der Waals surface area contributed by atoms with Gasteiger partial charge in [0.1, 0.15) is 17.0 Å². The highest BCUT2D eigenvalue weighted by molar-refractivity contribution is 6.24. The summed E-state index contributed by atoms with van der Waals surface area (Å²) in [6.45, 7) is 5.75. The number of anilines is 1. The third-order valence-electron chi connectivity index (χ3n) is 7.19. The van der Waals surface area contributed by atoms with E-state index >= 15 is 0 Å². The third-order valence-corrected chi connectivity index (χ3v) is 7.19. The average Bonchev–Trinajstić information content (AvgIpc) is 3.05. The first-order valence-electron chi connectivity index (χ1n) is 14.4. The molecule has 2 amide bonds. The fraction of sp³-hybridized carbons (Fsp3) is 0.265. The maximum atomic E-state index is 13.7. The van der Waals surface area contributed by atoms with E-state index in [0.717, 1.165) is 18.8 Å². The Hall–Kier alpha value is -5.32. The zero-order valence-corrected chi connectivity index (χ0v) is 25.9. The van der Waals surface area contributed by atoms with Crippen LogP contribution in [-0.4, -0.2) is 59.3 Å². The summed E-state index contributed by atoms with van der Waals surface area (Å²) in [4.78, 5) is 41.0. The van der Waals surface area contributed by atoms with Crippen LogP contribution < -0.4 is 35.4 Å². The quantitative estimate of drug-likeness (QED) is 0.0943. The number of methoxy groups -OCH3 is 3. The molecule has 4 aromatic rings. The molecule has 10 nitrogen and oxygen atoms in total. The second-order valence-corrected chi connectivity index (χ2v) is 9.88. The van der Waals surface area contributed by atoms with Crippen LogP contribution in [0, 0.1) is 5.82 Å². The van der Waals surface area contributed by atoms with Crippen molar-refractivity contribution >= 4 is 40.1 Å². The number of ether oxygens (including phenoxy) is 3. The molecular formula is C34H36FN3O7. The number of nitrogens with zero attached hydrogens (tertiary/aromatic N) is 1. The van der Waals surface area contributed by atoms with E-state index in [1.54, 1.807) is 30.3 Å². The Kier molecular flexibility index (Phi) is 10.8. The molecule has 0 fully saturated rings. The van der Waals surface area contributed by atoms with Gasteiger partial charge in [0, 0.05) is 48.9 Å². The fourth-order valence-electron chi connectivity index (χ4n) is 4.85. The first kappa shape index (κ1) is 32.6. The van der Waals surface area contributed by atoms with Crippen molar-refractivity contribution in [3.63, 3.8) is 0 Å². The molecule has 0 aliphatic heterocycles. The van der Waals surface area contributed by atoms with Gasteiger partial charge in [-0.05, 0) is 73.5 Å². The van der Waals surface area contributed by atoms with E-state index in [4.69, 9.17) is 18.6 Å². The molecule has 0 radical (unpaired) electrons. The van der Waals surface area contributed by atoms with Crippen LogP contribution in [-0.2, 0) is 4.79 Å². The minimum atomic E-state index is -0.757. The lowest BCUT2D eigenvalue weighted by molar-refractivity contribution is -0.115. The van der Waals surface area contributed by atoms with Crippen molar-refractivity contribution in [2.24, 2.45) is 0 Å². The zero-order chi connectivity index (χ0) is 32.5. The second-order valence-electron chi connectivity index (χ2n) is 9.88. The second kappa shape index (κ2) is 14.9. The number of rotatable bonds is 13. The standard InChI is InChI=1S/C34H36FN3O7/c1-6-38(7-2)25-13-10-23-19-27(34(41)45-28(23)20-25)33(40)37-15-14-36-32(39)26(22-8-11-24(35)12-9-22)16-21-17-29(42-3)31(44-5)30(18-21)43-4/h8-13,16-20H,6-7,14-15H2,1-5H3,(H,36,39)(H,37,40)/b26-16+. The Morgan fingerprint density at radius 3 is 2.11 bits per heavy atom. The number of halogens is 1. The number of hydrogen-bond acceptors (Lipinski definition) is 8. The Morgan fingerprint density at radius 1 is 0.867 bits per heavy atom. The maximum Gasteiger partial charge on any atom is 0.349 e. The molecule has 0 saturated heterocycles. The molecule has 0 bridgehead atoms. The largest absolute Gasteiger partial charge is 0.493 e. The molecule has 2 N–H and O–H groups in total. The number of hydrogen-bond donors (Lipinski definition) is 2. The molecule has 0 aliphatic rings. The Balaban J connectivity index is 1.49. The first-order chi connectivity index (χ1) is 21.7. The first-order valence-corrected chi connectivity index (χ1v) is 14.4. The molecule has 0 atom stereocenters. The fourth-order valence-corrected chi connectivity index (χ4v) is 4.85. The normalized spacial score (nSPS) is 11.2. The van der Waals surface area contributed by atoms with E-state index in [-0.39, 0.29) is 24.2 Å². The zero-order valence-electron chi connectivity index (χ0n) is 25.9.